The van der Waals surface area contributed by atoms with E-state index in [0.29, 0.717) is 11.8 Å². The average molecular weight is 438 g/mol. The molecule has 0 aromatic carbocycles. The van der Waals surface area contributed by atoms with E-state index in [-0.39, 0.29) is 18.3 Å². The van der Waals surface area contributed by atoms with E-state index < -0.39 is 25.0 Å². The Bertz CT molecular complexity index is 896. The topological polar surface area (TPSA) is 154 Å². The highest BCUT2D eigenvalue weighted by Gasteiger charge is 2.40. The molecule has 0 radical (unpaired) electrons. The zero-order valence-electron chi connectivity index (χ0n) is 17.5. The molecule has 11 nitrogen and oxygen atoms in total. The first kappa shape index (κ1) is 22.5. The summed E-state index contributed by atoms with van der Waals surface area (Å²) in [7, 11) is 3.47. The van der Waals surface area contributed by atoms with Gasteiger partial charge in [0.2, 0.25) is 11.9 Å². The Hall–Kier alpha value is -3.22. The lowest BCUT2D eigenvalue weighted by molar-refractivity contribution is -0.0531. The lowest BCUT2D eigenvalue weighted by atomic mass is 10.0. The van der Waals surface area contributed by atoms with E-state index in [1.165, 1.54) is 17.4 Å². The van der Waals surface area contributed by atoms with Gasteiger partial charge in [0.15, 0.2) is 0 Å². The summed E-state index contributed by atoms with van der Waals surface area (Å²) in [4.78, 5) is 19.5. The van der Waals surface area contributed by atoms with E-state index in [9.17, 15) is 13.9 Å². The van der Waals surface area contributed by atoms with E-state index in [1.807, 2.05) is 13.1 Å². The summed E-state index contributed by atoms with van der Waals surface area (Å²) in [6.07, 6.45) is -0.371. The average Bonchev–Trinajstić information content (AvgIpc) is 2.64. The zero-order chi connectivity index (χ0) is 22.6. The predicted molar refractivity (Wildman–Crippen MR) is 117 cm³/mol. The lowest BCUT2D eigenvalue weighted by Crippen LogP contribution is -2.49. The second-order valence-electron chi connectivity index (χ2n) is 7.37. The molecule has 0 unspecified atom stereocenters. The van der Waals surface area contributed by atoms with Gasteiger partial charge in [0.05, 0.1) is 12.6 Å². The van der Waals surface area contributed by atoms with Crippen LogP contribution in [-0.2, 0) is 0 Å². The number of anilines is 6. The van der Waals surface area contributed by atoms with E-state index >= 15 is 0 Å². The van der Waals surface area contributed by atoms with Gasteiger partial charge < -0.3 is 37.0 Å². The molecule has 0 spiro atoms. The second-order valence-corrected chi connectivity index (χ2v) is 7.37. The van der Waals surface area contributed by atoms with Crippen LogP contribution in [0.4, 0.5) is 43.9 Å². The van der Waals surface area contributed by atoms with Crippen molar-refractivity contribution in [3.05, 3.63) is 12.1 Å². The van der Waals surface area contributed by atoms with Gasteiger partial charge in [0.25, 0.3) is 5.92 Å². The van der Waals surface area contributed by atoms with Gasteiger partial charge in [-0.05, 0) is 6.42 Å². The quantitative estimate of drug-likeness (QED) is 0.456. The maximum absolute atomic E-state index is 13.4. The largest absolute Gasteiger partial charge is 0.391 e. The molecule has 7 N–H and O–H groups in total. The SMILES string of the molecule is CNc1cc(N2CCC2)nc(N)n1.CNc1cc(N2C[C@@H](O)CC(F)(F)C2)nc(N)n1. The molecule has 1 atom stereocenters. The number of alkyl halides is 2. The number of hydrogen-bond acceptors (Lipinski definition) is 11. The highest BCUT2D eigenvalue weighted by Crippen LogP contribution is 2.30. The summed E-state index contributed by atoms with van der Waals surface area (Å²) in [6.45, 7) is 1.76. The van der Waals surface area contributed by atoms with Gasteiger partial charge in [0, 0.05) is 52.3 Å². The van der Waals surface area contributed by atoms with Crippen molar-refractivity contribution in [1.82, 2.24) is 19.9 Å². The van der Waals surface area contributed by atoms with Crippen molar-refractivity contribution in [2.75, 3.05) is 72.2 Å². The summed E-state index contributed by atoms with van der Waals surface area (Å²) in [5, 5.41) is 15.2. The molecule has 31 heavy (non-hydrogen) atoms. The van der Waals surface area contributed by atoms with Crippen LogP contribution < -0.4 is 31.9 Å². The minimum atomic E-state index is -2.93. The summed E-state index contributed by atoms with van der Waals surface area (Å²) in [5.41, 5.74) is 11.1. The van der Waals surface area contributed by atoms with Gasteiger partial charge >= 0.3 is 0 Å². The van der Waals surface area contributed by atoms with E-state index in [2.05, 4.69) is 35.5 Å². The van der Waals surface area contributed by atoms with Crippen molar-refractivity contribution in [2.24, 2.45) is 0 Å². The number of nitrogens with zero attached hydrogens (tertiary/aromatic N) is 6. The molecule has 13 heteroatoms. The first-order valence-electron chi connectivity index (χ1n) is 9.89. The maximum atomic E-state index is 13.4. The van der Waals surface area contributed by atoms with E-state index in [0.717, 1.165) is 24.7 Å². The fraction of sp³-hybridized carbons (Fsp3) is 0.556. The van der Waals surface area contributed by atoms with Crippen LogP contribution in [0.25, 0.3) is 0 Å². The minimum Gasteiger partial charge on any atom is -0.391 e. The third-order valence-corrected chi connectivity index (χ3v) is 4.86. The van der Waals surface area contributed by atoms with Crippen LogP contribution in [0.3, 0.4) is 0 Å². The number of aromatic nitrogens is 4. The third-order valence-electron chi connectivity index (χ3n) is 4.86. The lowest BCUT2D eigenvalue weighted by Gasteiger charge is -2.36. The van der Waals surface area contributed by atoms with Crippen molar-refractivity contribution >= 4 is 35.2 Å². The maximum Gasteiger partial charge on any atom is 0.267 e. The van der Waals surface area contributed by atoms with Gasteiger partial charge in [-0.1, -0.05) is 0 Å². The van der Waals surface area contributed by atoms with E-state index in [4.69, 9.17) is 11.5 Å². The zero-order valence-corrected chi connectivity index (χ0v) is 17.5. The van der Waals surface area contributed by atoms with Gasteiger partial charge in [-0.25, -0.2) is 8.78 Å². The Morgan fingerprint density at radius 3 is 1.90 bits per heavy atom. The molecule has 0 bridgehead atoms. The molecule has 0 aliphatic carbocycles. The molecule has 4 rings (SSSR count). The summed E-state index contributed by atoms with van der Waals surface area (Å²) >= 11 is 0. The van der Waals surface area contributed by atoms with Crippen molar-refractivity contribution in [2.45, 2.75) is 24.9 Å². The number of aliphatic hydroxyl groups is 1. The molecule has 2 aliphatic heterocycles. The molecule has 2 aliphatic rings. The molecule has 0 saturated carbocycles. The highest BCUT2D eigenvalue weighted by atomic mass is 19.3. The molecule has 2 saturated heterocycles. The first-order valence-corrected chi connectivity index (χ1v) is 9.89. The van der Waals surface area contributed by atoms with Gasteiger partial charge in [0.1, 0.15) is 23.3 Å². The van der Waals surface area contributed by atoms with Crippen molar-refractivity contribution in [3.63, 3.8) is 0 Å². The van der Waals surface area contributed by atoms with Crippen molar-refractivity contribution in [3.8, 4) is 0 Å². The Morgan fingerprint density at radius 2 is 1.48 bits per heavy atom. The number of nitrogen functional groups attached to an aromatic ring is 2. The number of nitrogens with two attached hydrogens (primary N) is 2. The fourth-order valence-corrected chi connectivity index (χ4v) is 3.28. The van der Waals surface area contributed by atoms with Crippen molar-refractivity contribution in [1.29, 1.82) is 0 Å². The van der Waals surface area contributed by atoms with Crippen LogP contribution >= 0.6 is 0 Å². The number of nitrogens with one attached hydrogen (secondary N) is 2. The highest BCUT2D eigenvalue weighted by molar-refractivity contribution is 5.54. The Balaban J connectivity index is 0.000000185. The molecular formula is C18H28F2N10O. The Kier molecular flexibility index (Phi) is 6.73. The van der Waals surface area contributed by atoms with Crippen LogP contribution in [-0.4, -0.2) is 77.3 Å². The van der Waals surface area contributed by atoms with Crippen LogP contribution in [0.5, 0.6) is 0 Å². The number of rotatable bonds is 4. The van der Waals surface area contributed by atoms with Crippen LogP contribution in [0.1, 0.15) is 12.8 Å². The number of β-amino-alcohol motifs (C(OH)–C–C–N with tert-alkyl or cyclic N) is 1. The summed E-state index contributed by atoms with van der Waals surface area (Å²) in [6, 6.07) is 3.43. The summed E-state index contributed by atoms with van der Waals surface area (Å²) in [5.74, 6) is -0.186. The third kappa shape index (κ3) is 5.90. The molecule has 0 amide bonds. The Labute approximate surface area is 178 Å². The number of hydrogen-bond donors (Lipinski definition) is 5. The molecule has 4 heterocycles. The summed E-state index contributed by atoms with van der Waals surface area (Å²) < 4.78 is 26.8. The second kappa shape index (κ2) is 9.29. The van der Waals surface area contributed by atoms with Gasteiger partial charge in [-0.2, -0.15) is 19.9 Å². The van der Waals surface area contributed by atoms with Crippen LogP contribution in [0.2, 0.25) is 0 Å². The molecule has 170 valence electrons. The smallest absolute Gasteiger partial charge is 0.267 e. The monoisotopic (exact) mass is 438 g/mol. The van der Waals surface area contributed by atoms with Crippen LogP contribution in [0, 0.1) is 0 Å². The number of aliphatic hydroxyl groups excluding tert-OH is 1. The fourth-order valence-electron chi connectivity index (χ4n) is 3.28. The van der Waals surface area contributed by atoms with Gasteiger partial charge in [-0.15, -0.1) is 0 Å². The van der Waals surface area contributed by atoms with Gasteiger partial charge in [-0.3, -0.25) is 0 Å². The standard InChI is InChI=1S/C10H15F2N5O.C8H13N5/c1-14-7-2-8(16-9(13)15-7)17-4-6(18)3-10(11,12)5-17;1-10-6-5-7(12-8(9)11-6)13-3-2-4-13/h2,6,18H,3-5H2,1H3,(H3,13,14,15,16);5H,2-4H2,1H3,(H3,9,10,11,12)/t6-;/m0./s1. The number of halogens is 2. The van der Waals surface area contributed by atoms with Crippen LogP contribution in [0.15, 0.2) is 12.1 Å². The number of piperidine rings is 1. The van der Waals surface area contributed by atoms with Crippen molar-refractivity contribution < 1.29 is 13.9 Å². The Morgan fingerprint density at radius 1 is 0.968 bits per heavy atom. The molecule has 2 fully saturated rings. The molecule has 2 aromatic rings. The minimum absolute atomic E-state index is 0.000213. The predicted octanol–water partition coefficient (Wildman–Crippen LogP) is 0.617. The normalized spacial score (nSPS) is 19.7. The van der Waals surface area contributed by atoms with E-state index in [1.54, 1.807) is 7.05 Å². The molecule has 2 aromatic heterocycles. The molecular weight excluding hydrogens is 410 g/mol. The first-order chi connectivity index (χ1) is 14.7.